The van der Waals surface area contributed by atoms with E-state index in [2.05, 4.69) is 35.5 Å². The van der Waals surface area contributed by atoms with Gasteiger partial charge >= 0.3 is 6.03 Å². The molecule has 1 atom stereocenters. The van der Waals surface area contributed by atoms with Gasteiger partial charge in [-0.3, -0.25) is 0 Å². The van der Waals surface area contributed by atoms with Gasteiger partial charge < -0.3 is 15.1 Å². The molecule has 1 N–H and O–H groups in total. The molecule has 122 valence electrons. The van der Waals surface area contributed by atoms with Crippen LogP contribution in [-0.4, -0.2) is 49.1 Å². The van der Waals surface area contributed by atoms with Crippen molar-refractivity contribution in [3.05, 3.63) is 24.3 Å². The summed E-state index contributed by atoms with van der Waals surface area (Å²) in [7, 11) is 1.85. The fraction of sp³-hybridized carbons (Fsp3) is 0.588. The molecule has 2 rings (SSSR count). The Morgan fingerprint density at radius 1 is 1.36 bits per heavy atom. The van der Waals surface area contributed by atoms with Gasteiger partial charge in [-0.2, -0.15) is 11.8 Å². The largest absolute Gasteiger partial charge is 0.371 e. The van der Waals surface area contributed by atoms with Gasteiger partial charge in [0.15, 0.2) is 0 Å². The van der Waals surface area contributed by atoms with Gasteiger partial charge in [0.1, 0.15) is 0 Å². The van der Waals surface area contributed by atoms with Crippen molar-refractivity contribution in [1.29, 1.82) is 0 Å². The minimum Gasteiger partial charge on any atom is -0.371 e. The van der Waals surface area contributed by atoms with E-state index in [1.54, 1.807) is 16.7 Å². The van der Waals surface area contributed by atoms with Gasteiger partial charge in [0.25, 0.3) is 0 Å². The third kappa shape index (κ3) is 4.57. The molecule has 0 saturated carbocycles. The molecular weight excluding hydrogens is 294 g/mol. The molecule has 1 aliphatic heterocycles. The van der Waals surface area contributed by atoms with Crippen molar-refractivity contribution < 1.29 is 4.79 Å². The van der Waals surface area contributed by atoms with Crippen molar-refractivity contribution in [2.75, 3.05) is 42.4 Å². The van der Waals surface area contributed by atoms with Crippen LogP contribution in [0.25, 0.3) is 0 Å². The van der Waals surface area contributed by atoms with Gasteiger partial charge in [-0.05, 0) is 50.6 Å². The van der Waals surface area contributed by atoms with Gasteiger partial charge in [0.05, 0.1) is 0 Å². The zero-order chi connectivity index (χ0) is 15.9. The lowest BCUT2D eigenvalue weighted by Gasteiger charge is -2.29. The number of rotatable bonds is 5. The Hall–Kier alpha value is -1.36. The van der Waals surface area contributed by atoms with Crippen LogP contribution in [0, 0.1) is 0 Å². The Morgan fingerprint density at radius 2 is 2.09 bits per heavy atom. The van der Waals surface area contributed by atoms with Crippen LogP contribution in [0.2, 0.25) is 0 Å². The maximum Gasteiger partial charge on any atom is 0.321 e. The number of benzene rings is 1. The molecule has 1 heterocycles. The number of piperidine rings is 1. The molecule has 1 fully saturated rings. The third-order valence-corrected chi connectivity index (χ3v) is 5.02. The van der Waals surface area contributed by atoms with Crippen LogP contribution in [-0.2, 0) is 0 Å². The lowest BCUT2D eigenvalue weighted by Crippen LogP contribution is -2.39. The highest BCUT2D eigenvalue weighted by Crippen LogP contribution is 2.23. The quantitative estimate of drug-likeness (QED) is 0.893. The summed E-state index contributed by atoms with van der Waals surface area (Å²) in [6.07, 6.45) is 5.90. The number of anilines is 2. The number of amides is 2. The van der Waals surface area contributed by atoms with Crippen molar-refractivity contribution in [3.8, 4) is 0 Å². The summed E-state index contributed by atoms with van der Waals surface area (Å²) in [6, 6.07) is 8.36. The van der Waals surface area contributed by atoms with E-state index in [4.69, 9.17) is 0 Å². The number of carbonyl (C=O) groups is 1. The van der Waals surface area contributed by atoms with E-state index < -0.39 is 0 Å². The fourth-order valence-electron chi connectivity index (χ4n) is 2.70. The predicted molar refractivity (Wildman–Crippen MR) is 97.1 cm³/mol. The Labute approximate surface area is 138 Å². The fourth-order valence-corrected chi connectivity index (χ4v) is 3.40. The maximum atomic E-state index is 12.3. The van der Waals surface area contributed by atoms with E-state index in [9.17, 15) is 4.79 Å². The summed E-state index contributed by atoms with van der Waals surface area (Å²) in [5.41, 5.74) is 2.08. The Bertz CT molecular complexity index is 489. The van der Waals surface area contributed by atoms with E-state index in [-0.39, 0.29) is 12.1 Å². The third-order valence-electron chi connectivity index (χ3n) is 4.21. The molecule has 4 nitrogen and oxygen atoms in total. The first-order valence-corrected chi connectivity index (χ1v) is 9.39. The number of urea groups is 1. The molecule has 0 radical (unpaired) electrons. The van der Waals surface area contributed by atoms with Crippen LogP contribution in [0.15, 0.2) is 24.3 Å². The second-order valence-electron chi connectivity index (χ2n) is 5.94. The smallest absolute Gasteiger partial charge is 0.321 e. The van der Waals surface area contributed by atoms with E-state index in [1.807, 2.05) is 19.2 Å². The van der Waals surface area contributed by atoms with Gasteiger partial charge in [-0.25, -0.2) is 4.79 Å². The predicted octanol–water partition coefficient (Wildman–Crippen LogP) is 3.89. The molecule has 5 heteroatoms. The van der Waals surface area contributed by atoms with Crippen molar-refractivity contribution in [2.45, 2.75) is 32.2 Å². The molecular formula is C17H27N3OS. The van der Waals surface area contributed by atoms with Crippen LogP contribution in [0.1, 0.15) is 26.2 Å². The lowest BCUT2D eigenvalue weighted by molar-refractivity contribution is 0.212. The SMILES string of the molecule is CSC[C@@H](C)N(C)C(=O)Nc1cccc(N2CCCCC2)c1. The van der Waals surface area contributed by atoms with E-state index in [1.165, 1.54) is 24.9 Å². The number of nitrogens with zero attached hydrogens (tertiary/aromatic N) is 2. The number of nitrogens with one attached hydrogen (secondary N) is 1. The van der Waals surface area contributed by atoms with Crippen LogP contribution in [0.4, 0.5) is 16.2 Å². The summed E-state index contributed by atoms with van der Waals surface area (Å²) >= 11 is 1.75. The monoisotopic (exact) mass is 321 g/mol. The summed E-state index contributed by atoms with van der Waals surface area (Å²) < 4.78 is 0. The molecule has 1 aliphatic rings. The first kappa shape index (κ1) is 17.0. The van der Waals surface area contributed by atoms with E-state index >= 15 is 0 Å². The van der Waals surface area contributed by atoms with Crippen LogP contribution < -0.4 is 10.2 Å². The highest BCUT2D eigenvalue weighted by Gasteiger charge is 2.16. The molecule has 0 bridgehead atoms. The number of carbonyl (C=O) groups excluding carboxylic acids is 1. The average Bonchev–Trinajstić information content (AvgIpc) is 2.55. The zero-order valence-corrected chi connectivity index (χ0v) is 14.7. The maximum absolute atomic E-state index is 12.3. The van der Waals surface area contributed by atoms with Gasteiger partial charge in [-0.1, -0.05) is 6.07 Å². The molecule has 0 aromatic heterocycles. The van der Waals surface area contributed by atoms with Crippen LogP contribution in [0.5, 0.6) is 0 Å². The lowest BCUT2D eigenvalue weighted by atomic mass is 10.1. The number of thioether (sulfide) groups is 1. The second kappa shape index (κ2) is 8.32. The first-order chi connectivity index (χ1) is 10.6. The Balaban J connectivity index is 1.99. The van der Waals surface area contributed by atoms with E-state index in [0.29, 0.717) is 0 Å². The molecule has 0 spiro atoms. The summed E-state index contributed by atoms with van der Waals surface area (Å²) in [6.45, 7) is 4.30. The topological polar surface area (TPSA) is 35.6 Å². The van der Waals surface area contributed by atoms with Gasteiger partial charge in [0.2, 0.25) is 0 Å². The summed E-state index contributed by atoms with van der Waals surface area (Å²) in [4.78, 5) is 16.5. The minimum atomic E-state index is -0.0441. The van der Waals surface area contributed by atoms with Crippen LogP contribution in [0.3, 0.4) is 0 Å². The van der Waals surface area contributed by atoms with E-state index in [0.717, 1.165) is 24.5 Å². The average molecular weight is 321 g/mol. The highest BCUT2D eigenvalue weighted by atomic mass is 32.2. The summed E-state index contributed by atoms with van der Waals surface area (Å²) in [5.74, 6) is 0.942. The Morgan fingerprint density at radius 3 is 2.77 bits per heavy atom. The van der Waals surface area contributed by atoms with Gasteiger partial charge in [-0.15, -0.1) is 0 Å². The molecule has 1 saturated heterocycles. The molecule has 1 aromatic carbocycles. The molecule has 1 aromatic rings. The summed E-state index contributed by atoms with van der Waals surface area (Å²) in [5, 5.41) is 3.01. The molecule has 22 heavy (non-hydrogen) atoms. The molecule has 0 unspecified atom stereocenters. The van der Waals surface area contributed by atoms with Crippen LogP contribution >= 0.6 is 11.8 Å². The van der Waals surface area contributed by atoms with Crippen molar-refractivity contribution in [1.82, 2.24) is 4.90 Å². The van der Waals surface area contributed by atoms with Crippen molar-refractivity contribution in [3.63, 3.8) is 0 Å². The van der Waals surface area contributed by atoms with Gasteiger partial charge in [0, 0.05) is 43.3 Å². The number of hydrogen-bond acceptors (Lipinski definition) is 3. The Kier molecular flexibility index (Phi) is 6.43. The van der Waals surface area contributed by atoms with Crippen molar-refractivity contribution in [2.24, 2.45) is 0 Å². The minimum absolute atomic E-state index is 0.0441. The highest BCUT2D eigenvalue weighted by molar-refractivity contribution is 7.98. The first-order valence-electron chi connectivity index (χ1n) is 7.99. The van der Waals surface area contributed by atoms with Crippen molar-refractivity contribution >= 4 is 29.2 Å². The number of hydrogen-bond donors (Lipinski definition) is 1. The standard InChI is InChI=1S/C17H27N3OS/c1-14(13-22-3)19(2)17(21)18-15-8-7-9-16(12-15)20-10-5-4-6-11-20/h7-9,12,14H,4-6,10-11,13H2,1-3H3,(H,18,21)/t14-/m1/s1. The molecule has 0 aliphatic carbocycles. The second-order valence-corrected chi connectivity index (χ2v) is 6.85. The normalized spacial score (nSPS) is 16.2. The molecule has 2 amide bonds. The zero-order valence-electron chi connectivity index (χ0n) is 13.8.